The molecule has 0 spiro atoms. The lowest BCUT2D eigenvalue weighted by Gasteiger charge is -2.16. The van der Waals surface area contributed by atoms with Crippen molar-refractivity contribution in [3.63, 3.8) is 0 Å². The largest absolute Gasteiger partial charge is 0.346 e. The number of nitrogens with zero attached hydrogens (tertiary/aromatic N) is 3. The number of hydrogen-bond acceptors (Lipinski definition) is 5. The van der Waals surface area contributed by atoms with Gasteiger partial charge < -0.3 is 10.6 Å². The summed E-state index contributed by atoms with van der Waals surface area (Å²) in [6.45, 7) is 7.80. The van der Waals surface area contributed by atoms with Crippen molar-refractivity contribution in [2.24, 2.45) is 5.73 Å². The van der Waals surface area contributed by atoms with E-state index in [0.717, 1.165) is 23.1 Å². The number of anilines is 1. The minimum Gasteiger partial charge on any atom is -0.346 e. The molecule has 0 aliphatic carbocycles. The summed E-state index contributed by atoms with van der Waals surface area (Å²) in [4.78, 5) is 6.75. The molecular weight excluding hydrogens is 268 g/mol. The topological polar surface area (TPSA) is 55.0 Å². The molecule has 0 unspecified atom stereocenters. The van der Waals surface area contributed by atoms with E-state index in [-0.39, 0.29) is 5.41 Å². The quantitative estimate of drug-likeness (QED) is 0.940. The SMILES string of the molecule is CN(Cc1ccc(CN)cc1)c1nc(C(C)(C)C)ns1. The zero-order chi connectivity index (χ0) is 14.8. The molecule has 0 saturated carbocycles. The van der Waals surface area contributed by atoms with Gasteiger partial charge in [-0.3, -0.25) is 0 Å². The second-order valence-corrected chi connectivity index (χ2v) is 6.76. The highest BCUT2D eigenvalue weighted by Crippen LogP contribution is 2.25. The van der Waals surface area contributed by atoms with Gasteiger partial charge in [0.25, 0.3) is 0 Å². The fourth-order valence-electron chi connectivity index (χ4n) is 1.80. The van der Waals surface area contributed by atoms with Gasteiger partial charge in [-0.25, -0.2) is 4.98 Å². The third kappa shape index (κ3) is 3.55. The molecule has 1 aromatic carbocycles. The monoisotopic (exact) mass is 290 g/mol. The molecule has 0 saturated heterocycles. The molecule has 1 aromatic heterocycles. The van der Waals surface area contributed by atoms with Crippen molar-refractivity contribution in [1.82, 2.24) is 9.36 Å². The predicted octanol–water partition coefficient (Wildman–Crippen LogP) is 2.93. The number of rotatable bonds is 4. The average Bonchev–Trinajstić information content (AvgIpc) is 2.89. The standard InChI is InChI=1S/C15H22N4S/c1-15(2,3)13-17-14(20-18-13)19(4)10-12-7-5-11(9-16)6-8-12/h5-8H,9-10,16H2,1-4H3. The maximum Gasteiger partial charge on any atom is 0.205 e. The molecule has 0 amide bonds. The molecule has 0 radical (unpaired) electrons. The lowest BCUT2D eigenvalue weighted by atomic mass is 9.96. The number of aromatic nitrogens is 2. The summed E-state index contributed by atoms with van der Waals surface area (Å²) in [5.41, 5.74) is 8.01. The molecular formula is C15H22N4S. The lowest BCUT2D eigenvalue weighted by Crippen LogP contribution is -2.18. The van der Waals surface area contributed by atoms with Crippen LogP contribution in [0.3, 0.4) is 0 Å². The first-order chi connectivity index (χ1) is 9.40. The van der Waals surface area contributed by atoms with E-state index >= 15 is 0 Å². The van der Waals surface area contributed by atoms with Crippen LogP contribution in [0.25, 0.3) is 0 Å². The molecule has 0 aliphatic heterocycles. The molecule has 20 heavy (non-hydrogen) atoms. The van der Waals surface area contributed by atoms with Gasteiger partial charge >= 0.3 is 0 Å². The molecule has 1 heterocycles. The van der Waals surface area contributed by atoms with Crippen molar-refractivity contribution in [2.45, 2.75) is 39.3 Å². The molecule has 108 valence electrons. The normalized spacial score (nSPS) is 11.7. The van der Waals surface area contributed by atoms with Gasteiger partial charge in [-0.05, 0) is 11.1 Å². The van der Waals surface area contributed by atoms with Gasteiger partial charge in [-0.15, -0.1) is 0 Å². The maximum absolute atomic E-state index is 5.61. The smallest absolute Gasteiger partial charge is 0.205 e. The summed E-state index contributed by atoms with van der Waals surface area (Å²) in [5, 5.41) is 0.956. The Kier molecular flexibility index (Phi) is 4.40. The van der Waals surface area contributed by atoms with E-state index in [0.29, 0.717) is 6.54 Å². The first kappa shape index (κ1) is 14.9. The Hall–Kier alpha value is -1.46. The van der Waals surface area contributed by atoms with Gasteiger partial charge in [-0.1, -0.05) is 45.0 Å². The van der Waals surface area contributed by atoms with Crippen molar-refractivity contribution < 1.29 is 0 Å². The fraction of sp³-hybridized carbons (Fsp3) is 0.467. The summed E-state index contributed by atoms with van der Waals surface area (Å²) < 4.78 is 4.45. The first-order valence-electron chi connectivity index (χ1n) is 6.73. The predicted molar refractivity (Wildman–Crippen MR) is 85.0 cm³/mol. The van der Waals surface area contributed by atoms with Gasteiger partial charge in [0.2, 0.25) is 5.13 Å². The van der Waals surface area contributed by atoms with Crippen LogP contribution in [-0.4, -0.2) is 16.4 Å². The molecule has 2 N–H and O–H groups in total. The third-order valence-corrected chi connectivity index (χ3v) is 3.92. The van der Waals surface area contributed by atoms with Gasteiger partial charge in [0, 0.05) is 37.1 Å². The molecule has 2 aromatic rings. The average molecular weight is 290 g/mol. The Balaban J connectivity index is 2.07. The van der Waals surface area contributed by atoms with Crippen LogP contribution in [0.15, 0.2) is 24.3 Å². The van der Waals surface area contributed by atoms with Crippen LogP contribution in [-0.2, 0) is 18.5 Å². The highest BCUT2D eigenvalue weighted by Gasteiger charge is 2.20. The molecule has 0 aliphatic rings. The van der Waals surface area contributed by atoms with E-state index in [1.165, 1.54) is 17.1 Å². The Bertz CT molecular complexity index is 554. The molecule has 4 nitrogen and oxygen atoms in total. The van der Waals surface area contributed by atoms with Gasteiger partial charge in [0.05, 0.1) is 0 Å². The van der Waals surface area contributed by atoms with Gasteiger partial charge in [-0.2, -0.15) is 4.37 Å². The van der Waals surface area contributed by atoms with Crippen molar-refractivity contribution in [2.75, 3.05) is 11.9 Å². The van der Waals surface area contributed by atoms with Gasteiger partial charge in [0.15, 0.2) is 0 Å². The Labute approximate surface area is 124 Å². The molecule has 0 bridgehead atoms. The van der Waals surface area contributed by atoms with Crippen LogP contribution in [0.4, 0.5) is 5.13 Å². The summed E-state index contributed by atoms with van der Waals surface area (Å²) >= 11 is 1.46. The first-order valence-corrected chi connectivity index (χ1v) is 7.50. The Morgan fingerprint density at radius 2 is 1.75 bits per heavy atom. The summed E-state index contributed by atoms with van der Waals surface area (Å²) in [6.07, 6.45) is 0. The number of benzene rings is 1. The minimum absolute atomic E-state index is 0.00162. The third-order valence-electron chi connectivity index (χ3n) is 3.09. The van der Waals surface area contributed by atoms with E-state index in [1.807, 2.05) is 7.05 Å². The summed E-state index contributed by atoms with van der Waals surface area (Å²) in [5.74, 6) is 0.905. The van der Waals surface area contributed by atoms with Crippen LogP contribution in [0.5, 0.6) is 0 Å². The molecule has 0 atom stereocenters. The second-order valence-electron chi connectivity index (χ2n) is 6.03. The zero-order valence-electron chi connectivity index (χ0n) is 12.6. The highest BCUT2D eigenvalue weighted by molar-refractivity contribution is 7.09. The van der Waals surface area contributed by atoms with Crippen LogP contribution in [0.2, 0.25) is 0 Å². The highest BCUT2D eigenvalue weighted by atomic mass is 32.1. The van der Waals surface area contributed by atoms with E-state index in [1.54, 1.807) is 0 Å². The maximum atomic E-state index is 5.61. The van der Waals surface area contributed by atoms with E-state index in [9.17, 15) is 0 Å². The molecule has 2 rings (SSSR count). The van der Waals surface area contributed by atoms with Crippen LogP contribution in [0, 0.1) is 0 Å². The van der Waals surface area contributed by atoms with Gasteiger partial charge in [0.1, 0.15) is 5.82 Å². The van der Waals surface area contributed by atoms with Crippen molar-refractivity contribution in [1.29, 1.82) is 0 Å². The number of nitrogens with two attached hydrogens (primary N) is 1. The van der Waals surface area contributed by atoms with Crippen molar-refractivity contribution in [3.05, 3.63) is 41.2 Å². The van der Waals surface area contributed by atoms with Crippen LogP contribution < -0.4 is 10.6 Å². The summed E-state index contributed by atoms with van der Waals surface area (Å²) in [7, 11) is 2.05. The Morgan fingerprint density at radius 1 is 1.15 bits per heavy atom. The molecule has 5 heteroatoms. The second kappa shape index (κ2) is 5.89. The van der Waals surface area contributed by atoms with Crippen molar-refractivity contribution >= 4 is 16.7 Å². The zero-order valence-corrected chi connectivity index (χ0v) is 13.4. The number of hydrogen-bond donors (Lipinski definition) is 1. The van der Waals surface area contributed by atoms with Crippen molar-refractivity contribution in [3.8, 4) is 0 Å². The van der Waals surface area contributed by atoms with E-state index < -0.39 is 0 Å². The van der Waals surface area contributed by atoms with Crippen LogP contribution >= 0.6 is 11.5 Å². The lowest BCUT2D eigenvalue weighted by molar-refractivity contribution is 0.554. The Morgan fingerprint density at radius 3 is 2.25 bits per heavy atom. The van der Waals surface area contributed by atoms with Crippen LogP contribution in [0.1, 0.15) is 37.7 Å². The van der Waals surface area contributed by atoms with E-state index in [2.05, 4.69) is 59.3 Å². The minimum atomic E-state index is -0.00162. The molecule has 0 fully saturated rings. The van der Waals surface area contributed by atoms with E-state index in [4.69, 9.17) is 5.73 Å². The summed E-state index contributed by atoms with van der Waals surface area (Å²) in [6, 6.07) is 8.38. The fourth-order valence-corrected chi connectivity index (χ4v) is 2.61.